The average Bonchev–Trinajstić information content (AvgIpc) is 1.64. The molecule has 9 heavy (non-hydrogen) atoms. The molecule has 1 aliphatic rings. The Morgan fingerprint density at radius 2 is 2.00 bits per heavy atom. The van der Waals surface area contributed by atoms with E-state index in [0.29, 0.717) is 12.6 Å². The number of hydrogen-bond donors (Lipinski definition) is 2. The van der Waals surface area contributed by atoms with Gasteiger partial charge in [-0.3, -0.25) is 0 Å². The lowest BCUT2D eigenvalue weighted by atomic mass is 9.79. The minimum Gasteiger partial charge on any atom is -0.396 e. The van der Waals surface area contributed by atoms with Crippen molar-refractivity contribution in [3.63, 3.8) is 0 Å². The second-order valence-corrected chi connectivity index (χ2v) is 2.61. The zero-order valence-electron chi connectivity index (χ0n) is 5.42. The fourth-order valence-corrected chi connectivity index (χ4v) is 1.21. The number of aliphatic hydroxyl groups is 1. The van der Waals surface area contributed by atoms with Gasteiger partial charge < -0.3 is 10.8 Å². The lowest BCUT2D eigenvalue weighted by Crippen LogP contribution is -2.36. The number of nitrogens with two attached hydrogens (primary N) is 1. The Labute approximate surface area is 61.8 Å². The second kappa shape index (κ2) is 4.09. The molecule has 0 saturated heterocycles. The Morgan fingerprint density at radius 1 is 1.44 bits per heavy atom. The van der Waals surface area contributed by atoms with Gasteiger partial charge >= 0.3 is 0 Å². The van der Waals surface area contributed by atoms with Crippen molar-refractivity contribution in [3.05, 3.63) is 0 Å². The molecule has 0 spiro atoms. The molecule has 0 aromatic heterocycles. The maximum atomic E-state index is 8.45. The van der Waals surface area contributed by atoms with E-state index in [4.69, 9.17) is 10.8 Å². The van der Waals surface area contributed by atoms with Gasteiger partial charge in [-0.15, -0.1) is 12.4 Å². The zero-order valence-corrected chi connectivity index (χ0v) is 6.23. The number of rotatable bonds is 2. The van der Waals surface area contributed by atoms with E-state index >= 15 is 0 Å². The average molecular weight is 152 g/mol. The maximum absolute atomic E-state index is 8.45. The summed E-state index contributed by atoms with van der Waals surface area (Å²) in [4.78, 5) is 0. The fourth-order valence-electron chi connectivity index (χ4n) is 1.21. The molecule has 1 fully saturated rings. The van der Waals surface area contributed by atoms with Gasteiger partial charge in [-0.1, -0.05) is 0 Å². The zero-order chi connectivity index (χ0) is 5.98. The van der Waals surface area contributed by atoms with Crippen molar-refractivity contribution in [2.75, 3.05) is 6.61 Å². The van der Waals surface area contributed by atoms with Gasteiger partial charge in [0.2, 0.25) is 0 Å². The molecule has 0 heterocycles. The largest absolute Gasteiger partial charge is 0.396 e. The van der Waals surface area contributed by atoms with Gasteiger partial charge in [0.1, 0.15) is 0 Å². The Hall–Kier alpha value is 0.210. The van der Waals surface area contributed by atoms with E-state index in [-0.39, 0.29) is 12.4 Å². The molecule has 1 aliphatic carbocycles. The SMILES string of the molecule is Cl.N[C@H]1C[C@@H](CCO)C1. The van der Waals surface area contributed by atoms with E-state index < -0.39 is 0 Å². The van der Waals surface area contributed by atoms with Crippen LogP contribution in [-0.4, -0.2) is 17.8 Å². The molecule has 0 radical (unpaired) electrons. The van der Waals surface area contributed by atoms with Crippen molar-refractivity contribution in [2.24, 2.45) is 11.7 Å². The van der Waals surface area contributed by atoms with Crippen LogP contribution in [0.1, 0.15) is 19.3 Å². The molecule has 3 N–H and O–H groups in total. The lowest BCUT2D eigenvalue weighted by molar-refractivity contribution is 0.188. The summed E-state index contributed by atoms with van der Waals surface area (Å²) in [5.41, 5.74) is 5.52. The van der Waals surface area contributed by atoms with Crippen LogP contribution in [0.5, 0.6) is 0 Å². The molecule has 0 atom stereocenters. The highest BCUT2D eigenvalue weighted by Crippen LogP contribution is 2.27. The molecule has 1 saturated carbocycles. The highest BCUT2D eigenvalue weighted by atomic mass is 35.5. The smallest absolute Gasteiger partial charge is 0.0433 e. The third-order valence-corrected chi connectivity index (χ3v) is 1.81. The topological polar surface area (TPSA) is 46.2 Å². The molecule has 1 rings (SSSR count). The van der Waals surface area contributed by atoms with E-state index in [0.717, 1.165) is 25.2 Å². The van der Waals surface area contributed by atoms with Crippen molar-refractivity contribution in [1.29, 1.82) is 0 Å². The van der Waals surface area contributed by atoms with Gasteiger partial charge in [-0.25, -0.2) is 0 Å². The summed E-state index contributed by atoms with van der Waals surface area (Å²) in [5.74, 6) is 0.731. The fraction of sp³-hybridized carbons (Fsp3) is 1.00. The summed E-state index contributed by atoms with van der Waals surface area (Å²) < 4.78 is 0. The molecule has 0 aromatic rings. The minimum atomic E-state index is 0. The highest BCUT2D eigenvalue weighted by molar-refractivity contribution is 5.85. The van der Waals surface area contributed by atoms with Gasteiger partial charge in [0.05, 0.1) is 0 Å². The highest BCUT2D eigenvalue weighted by Gasteiger charge is 2.24. The van der Waals surface area contributed by atoms with Crippen LogP contribution < -0.4 is 5.73 Å². The Kier molecular flexibility index (Phi) is 4.19. The first-order chi connectivity index (χ1) is 3.83. The van der Waals surface area contributed by atoms with Crippen molar-refractivity contribution in [2.45, 2.75) is 25.3 Å². The molecule has 0 unspecified atom stereocenters. The van der Waals surface area contributed by atoms with Gasteiger partial charge in [-0.2, -0.15) is 0 Å². The first kappa shape index (κ1) is 9.21. The van der Waals surface area contributed by atoms with E-state index in [2.05, 4.69) is 0 Å². The van der Waals surface area contributed by atoms with Crippen LogP contribution >= 0.6 is 12.4 Å². The van der Waals surface area contributed by atoms with E-state index in [1.807, 2.05) is 0 Å². The van der Waals surface area contributed by atoms with Crippen LogP contribution in [0.25, 0.3) is 0 Å². The summed E-state index contributed by atoms with van der Waals surface area (Å²) in [6, 6.07) is 0.437. The van der Waals surface area contributed by atoms with Gasteiger partial charge in [-0.05, 0) is 25.2 Å². The summed E-state index contributed by atoms with van der Waals surface area (Å²) in [6.07, 6.45) is 3.20. The number of halogens is 1. The molecule has 3 heteroatoms. The summed E-state index contributed by atoms with van der Waals surface area (Å²) in [5, 5.41) is 8.45. The van der Waals surface area contributed by atoms with Crippen molar-refractivity contribution >= 4 is 12.4 Å². The van der Waals surface area contributed by atoms with Crippen LogP contribution in [-0.2, 0) is 0 Å². The minimum absolute atomic E-state index is 0. The number of aliphatic hydroxyl groups excluding tert-OH is 1. The van der Waals surface area contributed by atoms with Crippen molar-refractivity contribution < 1.29 is 5.11 Å². The third-order valence-electron chi connectivity index (χ3n) is 1.81. The predicted molar refractivity (Wildman–Crippen MR) is 39.7 cm³/mol. The maximum Gasteiger partial charge on any atom is 0.0433 e. The van der Waals surface area contributed by atoms with Crippen LogP contribution in [0.4, 0.5) is 0 Å². The molecular formula is C6H14ClNO. The molecular weight excluding hydrogens is 138 g/mol. The Bertz CT molecular complexity index is 70.7. The van der Waals surface area contributed by atoms with Gasteiger partial charge in [0.15, 0.2) is 0 Å². The first-order valence-electron chi connectivity index (χ1n) is 3.19. The quantitative estimate of drug-likeness (QED) is 0.605. The van der Waals surface area contributed by atoms with Crippen molar-refractivity contribution in [1.82, 2.24) is 0 Å². The molecule has 0 bridgehead atoms. The normalized spacial score (nSPS) is 32.7. The molecule has 56 valence electrons. The molecule has 0 amide bonds. The molecule has 0 aromatic carbocycles. The standard InChI is InChI=1S/C6H13NO.ClH/c7-6-3-5(4-6)1-2-8;/h5-6,8H,1-4,7H2;1H/t5-,6+;. The van der Waals surface area contributed by atoms with Crippen LogP contribution in [0.2, 0.25) is 0 Å². The summed E-state index contributed by atoms with van der Waals surface area (Å²) in [7, 11) is 0. The summed E-state index contributed by atoms with van der Waals surface area (Å²) >= 11 is 0. The summed E-state index contributed by atoms with van der Waals surface area (Å²) in [6.45, 7) is 0.331. The Morgan fingerprint density at radius 3 is 2.33 bits per heavy atom. The number of hydrogen-bond acceptors (Lipinski definition) is 2. The molecule has 0 aliphatic heterocycles. The lowest BCUT2D eigenvalue weighted by Gasteiger charge is -2.31. The first-order valence-corrected chi connectivity index (χ1v) is 3.19. The predicted octanol–water partition coefficient (Wildman–Crippen LogP) is 0.528. The molecule has 2 nitrogen and oxygen atoms in total. The van der Waals surface area contributed by atoms with E-state index in [1.54, 1.807) is 0 Å². The van der Waals surface area contributed by atoms with E-state index in [9.17, 15) is 0 Å². The van der Waals surface area contributed by atoms with Gasteiger partial charge in [0.25, 0.3) is 0 Å². The monoisotopic (exact) mass is 151 g/mol. The van der Waals surface area contributed by atoms with Crippen LogP contribution in [0, 0.1) is 5.92 Å². The van der Waals surface area contributed by atoms with E-state index in [1.165, 1.54) is 0 Å². The van der Waals surface area contributed by atoms with Crippen LogP contribution in [0.3, 0.4) is 0 Å². The van der Waals surface area contributed by atoms with Gasteiger partial charge in [0, 0.05) is 12.6 Å². The van der Waals surface area contributed by atoms with Crippen molar-refractivity contribution in [3.8, 4) is 0 Å². The third kappa shape index (κ3) is 2.52. The Balaban J connectivity index is 0.000000640. The second-order valence-electron chi connectivity index (χ2n) is 2.61. The van der Waals surface area contributed by atoms with Crippen LogP contribution in [0.15, 0.2) is 0 Å².